The van der Waals surface area contributed by atoms with E-state index in [4.69, 9.17) is 0 Å². The van der Waals surface area contributed by atoms with Gasteiger partial charge in [-0.15, -0.1) is 0 Å². The van der Waals surface area contributed by atoms with E-state index in [-0.39, 0.29) is 18.0 Å². The average Bonchev–Trinajstić information content (AvgIpc) is 2.68. The van der Waals surface area contributed by atoms with Crippen molar-refractivity contribution in [3.05, 3.63) is 84.4 Å². The highest BCUT2D eigenvalue weighted by molar-refractivity contribution is 6.07. The monoisotopic (exact) mass is 357 g/mol. The van der Waals surface area contributed by atoms with Gasteiger partial charge in [-0.2, -0.15) is 0 Å². The molecular formula is C25H27NO. The maximum atomic E-state index is 13.7. The van der Waals surface area contributed by atoms with Crippen LogP contribution in [0.3, 0.4) is 0 Å². The molecule has 3 rings (SSSR count). The molecule has 0 heterocycles. The molecule has 0 atom stereocenters. The second-order valence-electron chi connectivity index (χ2n) is 7.36. The first-order valence-corrected chi connectivity index (χ1v) is 9.57. The van der Waals surface area contributed by atoms with Crippen LogP contribution in [-0.4, -0.2) is 22.9 Å². The first-order chi connectivity index (χ1) is 13.0. The van der Waals surface area contributed by atoms with Crippen LogP contribution in [0.15, 0.2) is 78.9 Å². The van der Waals surface area contributed by atoms with Crippen LogP contribution in [-0.2, 0) is 0 Å². The summed E-state index contributed by atoms with van der Waals surface area (Å²) in [7, 11) is 0. The van der Waals surface area contributed by atoms with Gasteiger partial charge in [0.15, 0.2) is 0 Å². The van der Waals surface area contributed by atoms with Crippen molar-refractivity contribution >= 4 is 5.91 Å². The van der Waals surface area contributed by atoms with Crippen molar-refractivity contribution < 1.29 is 4.79 Å². The number of carbonyl (C=O) groups excluding carboxylic acids is 1. The fourth-order valence-corrected chi connectivity index (χ4v) is 3.69. The number of carbonyl (C=O) groups is 1. The van der Waals surface area contributed by atoms with Crippen molar-refractivity contribution in [1.82, 2.24) is 4.90 Å². The molecule has 2 nitrogen and oxygen atoms in total. The van der Waals surface area contributed by atoms with Gasteiger partial charge >= 0.3 is 0 Å². The van der Waals surface area contributed by atoms with E-state index in [0.29, 0.717) is 0 Å². The molecule has 0 radical (unpaired) electrons. The van der Waals surface area contributed by atoms with Gasteiger partial charge in [-0.05, 0) is 49.9 Å². The summed E-state index contributed by atoms with van der Waals surface area (Å²) in [5.74, 6) is 0.0818. The van der Waals surface area contributed by atoms with Crippen LogP contribution in [0.1, 0.15) is 38.1 Å². The molecule has 0 spiro atoms. The third kappa shape index (κ3) is 3.95. The van der Waals surface area contributed by atoms with Crippen molar-refractivity contribution in [2.24, 2.45) is 0 Å². The van der Waals surface area contributed by atoms with Gasteiger partial charge in [0.1, 0.15) is 0 Å². The van der Waals surface area contributed by atoms with Crippen LogP contribution >= 0.6 is 0 Å². The fourth-order valence-electron chi connectivity index (χ4n) is 3.69. The molecule has 0 saturated carbocycles. The summed E-state index contributed by atoms with van der Waals surface area (Å²) >= 11 is 0. The van der Waals surface area contributed by atoms with Gasteiger partial charge < -0.3 is 4.90 Å². The summed E-state index contributed by atoms with van der Waals surface area (Å²) in [4.78, 5) is 15.7. The maximum Gasteiger partial charge on any atom is 0.255 e. The number of amides is 1. The van der Waals surface area contributed by atoms with Crippen molar-refractivity contribution in [1.29, 1.82) is 0 Å². The summed E-state index contributed by atoms with van der Waals surface area (Å²) in [5, 5.41) is 0. The van der Waals surface area contributed by atoms with E-state index in [9.17, 15) is 4.79 Å². The molecular weight excluding hydrogens is 330 g/mol. The Bertz CT molecular complexity index is 832. The van der Waals surface area contributed by atoms with Crippen LogP contribution in [0.4, 0.5) is 0 Å². The Labute approximate surface area is 162 Å². The van der Waals surface area contributed by atoms with Crippen LogP contribution in [0.5, 0.6) is 0 Å². The van der Waals surface area contributed by atoms with Gasteiger partial charge in [0.05, 0.1) is 5.56 Å². The topological polar surface area (TPSA) is 20.3 Å². The van der Waals surface area contributed by atoms with Crippen molar-refractivity contribution in [2.75, 3.05) is 0 Å². The third-order valence-electron chi connectivity index (χ3n) is 4.80. The van der Waals surface area contributed by atoms with Gasteiger partial charge in [0, 0.05) is 12.1 Å². The van der Waals surface area contributed by atoms with Gasteiger partial charge in [-0.1, -0.05) is 78.9 Å². The van der Waals surface area contributed by atoms with E-state index in [1.807, 2.05) is 59.5 Å². The molecule has 0 aliphatic rings. The van der Waals surface area contributed by atoms with Crippen molar-refractivity contribution in [3.63, 3.8) is 0 Å². The predicted octanol–water partition coefficient (Wildman–Crippen LogP) is 6.28. The smallest absolute Gasteiger partial charge is 0.255 e. The van der Waals surface area contributed by atoms with Crippen LogP contribution in [0.25, 0.3) is 22.3 Å². The lowest BCUT2D eigenvalue weighted by Gasteiger charge is -2.32. The number of nitrogens with zero attached hydrogens (tertiary/aromatic N) is 1. The molecule has 0 fully saturated rings. The minimum atomic E-state index is 0.0818. The summed E-state index contributed by atoms with van der Waals surface area (Å²) in [6, 6.07) is 26.7. The zero-order valence-corrected chi connectivity index (χ0v) is 16.5. The maximum absolute atomic E-state index is 13.7. The number of benzene rings is 3. The molecule has 3 aromatic carbocycles. The molecule has 1 amide bonds. The Kier molecular flexibility index (Phi) is 5.75. The average molecular weight is 357 g/mol. The quantitative estimate of drug-likeness (QED) is 0.526. The largest absolute Gasteiger partial charge is 0.334 e. The van der Waals surface area contributed by atoms with Gasteiger partial charge in [-0.25, -0.2) is 0 Å². The summed E-state index contributed by atoms with van der Waals surface area (Å²) in [6.07, 6.45) is 0. The lowest BCUT2D eigenvalue weighted by Crippen LogP contribution is -2.42. The molecule has 0 saturated heterocycles. The highest BCUT2D eigenvalue weighted by atomic mass is 16.2. The van der Waals surface area contributed by atoms with Gasteiger partial charge in [0.25, 0.3) is 5.91 Å². The Balaban J connectivity index is 2.26. The number of hydrogen-bond donors (Lipinski definition) is 0. The summed E-state index contributed by atoms with van der Waals surface area (Å²) < 4.78 is 0. The van der Waals surface area contributed by atoms with Gasteiger partial charge in [-0.3, -0.25) is 4.79 Å². The molecule has 27 heavy (non-hydrogen) atoms. The first-order valence-electron chi connectivity index (χ1n) is 9.57. The zero-order chi connectivity index (χ0) is 19.4. The normalized spacial score (nSPS) is 11.0. The molecule has 0 bridgehead atoms. The Morgan fingerprint density at radius 1 is 0.630 bits per heavy atom. The second kappa shape index (κ2) is 8.22. The lowest BCUT2D eigenvalue weighted by molar-refractivity contribution is 0.0645. The molecule has 0 aromatic heterocycles. The lowest BCUT2D eigenvalue weighted by atomic mass is 9.90. The Morgan fingerprint density at radius 2 is 1.04 bits per heavy atom. The minimum Gasteiger partial charge on any atom is -0.334 e. The molecule has 0 N–H and O–H groups in total. The SMILES string of the molecule is CC(C)N(C(=O)c1c(-c2ccccc2)cccc1-c1ccccc1)C(C)C. The zero-order valence-electron chi connectivity index (χ0n) is 16.5. The summed E-state index contributed by atoms with van der Waals surface area (Å²) in [5.41, 5.74) is 4.86. The highest BCUT2D eigenvalue weighted by Gasteiger charge is 2.26. The molecule has 3 aromatic rings. The van der Waals surface area contributed by atoms with E-state index >= 15 is 0 Å². The highest BCUT2D eigenvalue weighted by Crippen LogP contribution is 2.34. The number of rotatable bonds is 5. The molecule has 0 aliphatic carbocycles. The van der Waals surface area contributed by atoms with Crippen LogP contribution in [0.2, 0.25) is 0 Å². The Morgan fingerprint density at radius 3 is 1.41 bits per heavy atom. The first kappa shape index (κ1) is 18.9. The van der Waals surface area contributed by atoms with Crippen molar-refractivity contribution in [2.45, 2.75) is 39.8 Å². The molecule has 2 heteroatoms. The third-order valence-corrected chi connectivity index (χ3v) is 4.80. The van der Waals surface area contributed by atoms with Crippen molar-refractivity contribution in [3.8, 4) is 22.3 Å². The standard InChI is InChI=1S/C25H27NO/c1-18(2)26(19(3)4)25(27)24-22(20-12-7-5-8-13-20)16-11-17-23(24)21-14-9-6-10-15-21/h5-19H,1-4H3. The molecule has 0 unspecified atom stereocenters. The van der Waals surface area contributed by atoms with E-state index < -0.39 is 0 Å². The van der Waals surface area contributed by atoms with E-state index in [0.717, 1.165) is 27.8 Å². The minimum absolute atomic E-state index is 0.0818. The summed E-state index contributed by atoms with van der Waals surface area (Å²) in [6.45, 7) is 8.30. The van der Waals surface area contributed by atoms with E-state index in [2.05, 4.69) is 52.0 Å². The fraction of sp³-hybridized carbons (Fsp3) is 0.240. The van der Waals surface area contributed by atoms with E-state index in [1.165, 1.54) is 0 Å². The molecule has 0 aliphatic heterocycles. The van der Waals surface area contributed by atoms with Crippen LogP contribution in [0, 0.1) is 0 Å². The second-order valence-corrected chi connectivity index (χ2v) is 7.36. The molecule has 138 valence electrons. The van der Waals surface area contributed by atoms with Crippen LogP contribution < -0.4 is 0 Å². The van der Waals surface area contributed by atoms with Gasteiger partial charge in [0.2, 0.25) is 0 Å². The Hall–Kier alpha value is -2.87. The van der Waals surface area contributed by atoms with E-state index in [1.54, 1.807) is 0 Å². The number of hydrogen-bond acceptors (Lipinski definition) is 1. The predicted molar refractivity (Wildman–Crippen MR) is 114 cm³/mol.